The number of carbonyl (C=O) groups is 2. The molecule has 0 radical (unpaired) electrons. The lowest BCUT2D eigenvalue weighted by atomic mass is 10.1. The molecule has 3 amide bonds. The maximum atomic E-state index is 13.7. The zero-order valence-electron chi connectivity index (χ0n) is 18.3. The predicted octanol–water partition coefficient (Wildman–Crippen LogP) is 5.96. The second kappa shape index (κ2) is 10.1. The van der Waals surface area contributed by atoms with Crippen molar-refractivity contribution in [3.05, 3.63) is 88.4 Å². The highest BCUT2D eigenvalue weighted by Gasteiger charge is 2.30. The summed E-state index contributed by atoms with van der Waals surface area (Å²) in [5.74, 6) is -1.19. The molecule has 1 unspecified atom stereocenters. The lowest BCUT2D eigenvalue weighted by molar-refractivity contribution is -0.139. The molecule has 1 heterocycles. The average molecular weight is 486 g/mol. The molecule has 0 saturated carbocycles. The zero-order valence-corrected chi connectivity index (χ0v) is 19.0. The van der Waals surface area contributed by atoms with E-state index < -0.39 is 23.8 Å². The highest BCUT2D eigenvalue weighted by atomic mass is 35.5. The van der Waals surface area contributed by atoms with Gasteiger partial charge in [-0.15, -0.1) is 0 Å². The van der Waals surface area contributed by atoms with Gasteiger partial charge in [0.1, 0.15) is 17.4 Å². The van der Waals surface area contributed by atoms with E-state index in [1.807, 2.05) is 6.92 Å². The Hall–Kier alpha value is -3.65. The molecule has 176 valence electrons. The number of ether oxygens (including phenoxy) is 1. The van der Waals surface area contributed by atoms with Crippen molar-refractivity contribution in [1.29, 1.82) is 0 Å². The van der Waals surface area contributed by atoms with Crippen LogP contribution in [0.3, 0.4) is 0 Å². The second-order valence-corrected chi connectivity index (χ2v) is 8.34. The summed E-state index contributed by atoms with van der Waals surface area (Å²) in [6, 6.07) is 14.5. The van der Waals surface area contributed by atoms with Crippen LogP contribution in [-0.2, 0) is 17.9 Å². The lowest BCUT2D eigenvalue weighted by Gasteiger charge is -2.23. The number of hydrogen-bond donors (Lipinski definition) is 2. The first-order chi connectivity index (χ1) is 16.3. The molecule has 1 aliphatic heterocycles. The van der Waals surface area contributed by atoms with Gasteiger partial charge in [0, 0.05) is 41.1 Å². The maximum absolute atomic E-state index is 13.7. The summed E-state index contributed by atoms with van der Waals surface area (Å²) in [4.78, 5) is 26.9. The normalized spacial score (nSPS) is 15.2. The molecule has 1 atom stereocenters. The molecule has 0 spiro atoms. The van der Waals surface area contributed by atoms with Crippen LogP contribution in [0.15, 0.2) is 60.7 Å². The molecule has 34 heavy (non-hydrogen) atoms. The summed E-state index contributed by atoms with van der Waals surface area (Å²) in [6.07, 6.45) is -0.307. The third-order valence-electron chi connectivity index (χ3n) is 5.28. The van der Waals surface area contributed by atoms with E-state index in [0.717, 1.165) is 6.07 Å². The Labute approximate surface area is 200 Å². The van der Waals surface area contributed by atoms with Gasteiger partial charge in [-0.1, -0.05) is 24.6 Å². The van der Waals surface area contributed by atoms with Crippen molar-refractivity contribution >= 4 is 34.9 Å². The molecule has 9 heteroatoms. The molecule has 6 nitrogen and oxygen atoms in total. The van der Waals surface area contributed by atoms with Gasteiger partial charge < -0.3 is 20.3 Å². The Balaban J connectivity index is 1.55. The van der Waals surface area contributed by atoms with Crippen LogP contribution in [0.5, 0.6) is 5.75 Å². The van der Waals surface area contributed by atoms with Crippen molar-refractivity contribution in [2.24, 2.45) is 0 Å². The van der Waals surface area contributed by atoms with Gasteiger partial charge in [0.2, 0.25) is 0 Å². The summed E-state index contributed by atoms with van der Waals surface area (Å²) in [5.41, 5.74) is 2.01. The molecule has 4 rings (SSSR count). The predicted molar refractivity (Wildman–Crippen MR) is 126 cm³/mol. The smallest absolute Gasteiger partial charge is 0.323 e. The highest BCUT2D eigenvalue weighted by Crippen LogP contribution is 2.30. The largest absolute Gasteiger partial charge is 0.480 e. The van der Waals surface area contributed by atoms with Gasteiger partial charge >= 0.3 is 6.03 Å². The standard InChI is InChI=1S/C25H22ClF2N3O3/c1-2-22-24(32)31(13-15-8-18(27)12-19(28)9-15)14-16-10-21(6-7-23(16)34-22)30-25(33)29-20-5-3-4-17(26)11-20/h3-12,22H,2,13-14H2,1H3,(H2,29,30,33). The van der Waals surface area contributed by atoms with Crippen molar-refractivity contribution < 1.29 is 23.1 Å². The Bertz CT molecular complexity index is 1220. The average Bonchev–Trinajstić information content (AvgIpc) is 2.89. The minimum absolute atomic E-state index is 0.0136. The lowest BCUT2D eigenvalue weighted by Crippen LogP contribution is -2.38. The van der Waals surface area contributed by atoms with Crippen LogP contribution in [0.1, 0.15) is 24.5 Å². The Kier molecular flexibility index (Phi) is 6.98. The van der Waals surface area contributed by atoms with Gasteiger partial charge in [-0.3, -0.25) is 4.79 Å². The molecule has 3 aromatic carbocycles. The molecule has 1 aliphatic rings. The SMILES string of the molecule is CCC1Oc2ccc(NC(=O)Nc3cccc(Cl)c3)cc2CN(Cc2cc(F)cc(F)c2)C1=O. The minimum atomic E-state index is -0.732. The number of amides is 3. The van der Waals surface area contributed by atoms with Crippen LogP contribution >= 0.6 is 11.6 Å². The van der Waals surface area contributed by atoms with Crippen LogP contribution in [-0.4, -0.2) is 22.9 Å². The number of hydrogen-bond acceptors (Lipinski definition) is 3. The molecular weight excluding hydrogens is 464 g/mol. The van der Waals surface area contributed by atoms with Gasteiger partial charge in [-0.25, -0.2) is 13.6 Å². The number of nitrogens with one attached hydrogen (secondary N) is 2. The summed E-state index contributed by atoms with van der Waals surface area (Å²) in [7, 11) is 0. The van der Waals surface area contributed by atoms with E-state index in [2.05, 4.69) is 10.6 Å². The maximum Gasteiger partial charge on any atom is 0.323 e. The molecule has 0 bridgehead atoms. The third-order valence-corrected chi connectivity index (χ3v) is 5.52. The topological polar surface area (TPSA) is 70.7 Å². The molecule has 2 N–H and O–H groups in total. The van der Waals surface area contributed by atoms with E-state index >= 15 is 0 Å². The van der Waals surface area contributed by atoms with Crippen LogP contribution < -0.4 is 15.4 Å². The van der Waals surface area contributed by atoms with Crippen molar-refractivity contribution in [3.8, 4) is 5.75 Å². The number of anilines is 2. The second-order valence-electron chi connectivity index (χ2n) is 7.90. The number of benzene rings is 3. The Morgan fingerprint density at radius 3 is 2.44 bits per heavy atom. The number of urea groups is 1. The first kappa shape index (κ1) is 23.5. The summed E-state index contributed by atoms with van der Waals surface area (Å²) in [5, 5.41) is 5.94. The van der Waals surface area contributed by atoms with Crippen LogP contribution in [0.4, 0.5) is 25.0 Å². The van der Waals surface area contributed by atoms with Crippen LogP contribution in [0.2, 0.25) is 5.02 Å². The quantitative estimate of drug-likeness (QED) is 0.468. The van der Waals surface area contributed by atoms with Crippen molar-refractivity contribution in [2.75, 3.05) is 10.6 Å². The number of rotatable bonds is 5. The molecule has 0 aromatic heterocycles. The first-order valence-corrected chi connectivity index (χ1v) is 11.1. The monoisotopic (exact) mass is 485 g/mol. The zero-order chi connectivity index (χ0) is 24.2. The molecular formula is C25H22ClF2N3O3. The van der Waals surface area contributed by atoms with Crippen molar-refractivity contribution in [3.63, 3.8) is 0 Å². The van der Waals surface area contributed by atoms with E-state index in [1.165, 1.54) is 17.0 Å². The molecule has 0 fully saturated rings. The van der Waals surface area contributed by atoms with Gasteiger partial charge in [-0.05, 0) is 60.5 Å². The van der Waals surface area contributed by atoms with Crippen molar-refractivity contribution in [1.82, 2.24) is 4.90 Å². The van der Waals surface area contributed by atoms with Gasteiger partial charge in [0.05, 0.1) is 0 Å². The number of carbonyl (C=O) groups excluding carboxylic acids is 2. The summed E-state index contributed by atoms with van der Waals surface area (Å²) >= 11 is 5.95. The fourth-order valence-corrected chi connectivity index (χ4v) is 3.95. The minimum Gasteiger partial charge on any atom is -0.480 e. The fourth-order valence-electron chi connectivity index (χ4n) is 3.76. The Morgan fingerprint density at radius 2 is 1.76 bits per heavy atom. The van der Waals surface area contributed by atoms with Gasteiger partial charge in [-0.2, -0.15) is 0 Å². The van der Waals surface area contributed by atoms with Crippen LogP contribution in [0, 0.1) is 11.6 Å². The number of halogens is 3. The molecule has 3 aromatic rings. The van der Waals surface area contributed by atoms with Crippen molar-refractivity contribution in [2.45, 2.75) is 32.5 Å². The van der Waals surface area contributed by atoms with E-state index in [1.54, 1.807) is 42.5 Å². The summed E-state index contributed by atoms with van der Waals surface area (Å²) < 4.78 is 33.3. The summed E-state index contributed by atoms with van der Waals surface area (Å²) in [6.45, 7) is 1.98. The van der Waals surface area contributed by atoms with Gasteiger partial charge in [0.25, 0.3) is 5.91 Å². The third kappa shape index (κ3) is 5.63. The van der Waals surface area contributed by atoms with Gasteiger partial charge in [0.15, 0.2) is 6.10 Å². The number of fused-ring (bicyclic) bond motifs is 1. The van der Waals surface area contributed by atoms with E-state index in [9.17, 15) is 18.4 Å². The first-order valence-electron chi connectivity index (χ1n) is 10.7. The molecule has 0 saturated heterocycles. The van der Waals surface area contributed by atoms with E-state index in [-0.39, 0.29) is 19.0 Å². The highest BCUT2D eigenvalue weighted by molar-refractivity contribution is 6.30. The van der Waals surface area contributed by atoms with E-state index in [0.29, 0.717) is 39.7 Å². The molecule has 0 aliphatic carbocycles. The van der Waals surface area contributed by atoms with E-state index in [4.69, 9.17) is 16.3 Å². The Morgan fingerprint density at radius 1 is 1.06 bits per heavy atom. The number of nitrogens with zero attached hydrogens (tertiary/aromatic N) is 1. The van der Waals surface area contributed by atoms with Crippen LogP contribution in [0.25, 0.3) is 0 Å². The fraction of sp³-hybridized carbons (Fsp3) is 0.200.